The molecule has 0 saturated heterocycles. The molecule has 2 heteroatoms. The van der Waals surface area contributed by atoms with Crippen LogP contribution in [0.5, 0.6) is 0 Å². The van der Waals surface area contributed by atoms with Crippen LogP contribution in [-0.4, -0.2) is 18.1 Å². The summed E-state index contributed by atoms with van der Waals surface area (Å²) in [5, 5.41) is 3.39. The van der Waals surface area contributed by atoms with Crippen molar-refractivity contribution in [1.82, 2.24) is 10.3 Å². The molecule has 0 saturated carbocycles. The number of aromatic nitrogens is 1. The minimum atomic E-state index is 0.576. The molecule has 0 bridgehead atoms. The van der Waals surface area contributed by atoms with Crippen LogP contribution in [0.4, 0.5) is 0 Å². The van der Waals surface area contributed by atoms with Gasteiger partial charge in [-0.15, -0.1) is 0 Å². The van der Waals surface area contributed by atoms with Crippen molar-refractivity contribution in [2.75, 3.05) is 7.05 Å². The van der Waals surface area contributed by atoms with E-state index in [1.165, 1.54) is 37.8 Å². The Hall–Kier alpha value is -0.890. The minimum Gasteiger partial charge on any atom is -0.317 e. The number of hydrogen-bond acceptors (Lipinski definition) is 2. The first-order valence-corrected chi connectivity index (χ1v) is 6.44. The first-order chi connectivity index (χ1) is 7.86. The van der Waals surface area contributed by atoms with Gasteiger partial charge in [0.25, 0.3) is 0 Å². The zero-order chi connectivity index (χ0) is 11.6. The Morgan fingerprint density at radius 1 is 1.25 bits per heavy atom. The van der Waals surface area contributed by atoms with Crippen molar-refractivity contribution in [2.24, 2.45) is 0 Å². The van der Waals surface area contributed by atoms with E-state index in [4.69, 9.17) is 0 Å². The van der Waals surface area contributed by atoms with Gasteiger partial charge in [0, 0.05) is 24.4 Å². The number of likely N-dealkylation sites (N-methyl/N-ethyl adjacent to an activating group) is 1. The smallest absolute Gasteiger partial charge is 0.0419 e. The van der Waals surface area contributed by atoms with Gasteiger partial charge in [0.1, 0.15) is 0 Å². The number of pyridine rings is 1. The predicted octanol–water partition coefficient (Wildman–Crippen LogP) is 3.18. The van der Waals surface area contributed by atoms with E-state index in [0.717, 1.165) is 6.42 Å². The minimum absolute atomic E-state index is 0.576. The summed E-state index contributed by atoms with van der Waals surface area (Å²) in [7, 11) is 2.05. The molecule has 16 heavy (non-hydrogen) atoms. The quantitative estimate of drug-likeness (QED) is 0.681. The largest absolute Gasteiger partial charge is 0.317 e. The second kappa shape index (κ2) is 8.28. The molecule has 0 aliphatic heterocycles. The lowest BCUT2D eigenvalue weighted by molar-refractivity contribution is 0.481. The molecule has 0 aliphatic rings. The molecule has 0 fully saturated rings. The summed E-state index contributed by atoms with van der Waals surface area (Å²) >= 11 is 0. The van der Waals surface area contributed by atoms with Crippen molar-refractivity contribution in [2.45, 2.75) is 51.5 Å². The van der Waals surface area contributed by atoms with Crippen LogP contribution in [0.2, 0.25) is 0 Å². The molecule has 1 aromatic rings. The standard InChI is InChI=1S/C14H24N2/c1-3-4-5-6-9-13(15-2)12-14-10-7-8-11-16-14/h7-8,10-11,13,15H,3-6,9,12H2,1-2H3. The van der Waals surface area contributed by atoms with E-state index >= 15 is 0 Å². The Morgan fingerprint density at radius 2 is 2.12 bits per heavy atom. The highest BCUT2D eigenvalue weighted by Crippen LogP contribution is 2.09. The highest BCUT2D eigenvalue weighted by atomic mass is 14.9. The van der Waals surface area contributed by atoms with Crippen LogP contribution in [0.1, 0.15) is 44.7 Å². The van der Waals surface area contributed by atoms with E-state index in [1.54, 1.807) is 0 Å². The van der Waals surface area contributed by atoms with Gasteiger partial charge in [-0.3, -0.25) is 4.98 Å². The predicted molar refractivity (Wildman–Crippen MR) is 69.5 cm³/mol. The second-order valence-electron chi connectivity index (χ2n) is 4.36. The summed E-state index contributed by atoms with van der Waals surface area (Å²) in [5.74, 6) is 0. The third-order valence-electron chi connectivity index (χ3n) is 3.00. The first-order valence-electron chi connectivity index (χ1n) is 6.44. The van der Waals surface area contributed by atoms with Crippen molar-refractivity contribution in [1.29, 1.82) is 0 Å². The molecule has 1 atom stereocenters. The summed E-state index contributed by atoms with van der Waals surface area (Å²) in [6.07, 6.45) is 9.53. The molecule has 1 heterocycles. The maximum absolute atomic E-state index is 4.37. The van der Waals surface area contributed by atoms with Crippen LogP contribution in [0, 0.1) is 0 Å². The molecule has 0 aromatic carbocycles. The second-order valence-corrected chi connectivity index (χ2v) is 4.36. The third kappa shape index (κ3) is 5.26. The van der Waals surface area contributed by atoms with E-state index in [-0.39, 0.29) is 0 Å². The number of unbranched alkanes of at least 4 members (excludes halogenated alkanes) is 3. The molecule has 0 radical (unpaired) electrons. The summed E-state index contributed by atoms with van der Waals surface area (Å²) in [4.78, 5) is 4.37. The molecule has 1 rings (SSSR count). The maximum atomic E-state index is 4.37. The Bertz CT molecular complexity index is 259. The maximum Gasteiger partial charge on any atom is 0.0419 e. The van der Waals surface area contributed by atoms with Gasteiger partial charge in [0.15, 0.2) is 0 Å². The van der Waals surface area contributed by atoms with E-state index in [9.17, 15) is 0 Å². The molecule has 2 nitrogen and oxygen atoms in total. The van der Waals surface area contributed by atoms with Crippen molar-refractivity contribution in [3.8, 4) is 0 Å². The van der Waals surface area contributed by atoms with E-state index in [1.807, 2.05) is 19.3 Å². The molecule has 1 N–H and O–H groups in total. The molecule has 1 aromatic heterocycles. The fourth-order valence-electron chi connectivity index (χ4n) is 1.94. The van der Waals surface area contributed by atoms with Crippen LogP contribution in [0.3, 0.4) is 0 Å². The van der Waals surface area contributed by atoms with E-state index in [0.29, 0.717) is 6.04 Å². The van der Waals surface area contributed by atoms with Crippen molar-refractivity contribution in [3.05, 3.63) is 30.1 Å². The Balaban J connectivity index is 2.26. The van der Waals surface area contributed by atoms with Gasteiger partial charge in [-0.1, -0.05) is 38.7 Å². The lowest BCUT2D eigenvalue weighted by Gasteiger charge is -2.15. The van der Waals surface area contributed by atoms with Crippen molar-refractivity contribution in [3.63, 3.8) is 0 Å². The normalized spacial score (nSPS) is 12.6. The van der Waals surface area contributed by atoms with Crippen LogP contribution >= 0.6 is 0 Å². The van der Waals surface area contributed by atoms with E-state index in [2.05, 4.69) is 29.4 Å². The number of nitrogens with zero attached hydrogens (tertiary/aromatic N) is 1. The van der Waals surface area contributed by atoms with Gasteiger partial charge in [-0.2, -0.15) is 0 Å². The summed E-state index contributed by atoms with van der Waals surface area (Å²) < 4.78 is 0. The highest BCUT2D eigenvalue weighted by molar-refractivity contribution is 5.05. The monoisotopic (exact) mass is 220 g/mol. The van der Waals surface area contributed by atoms with Gasteiger partial charge >= 0.3 is 0 Å². The fourth-order valence-corrected chi connectivity index (χ4v) is 1.94. The van der Waals surface area contributed by atoms with E-state index < -0.39 is 0 Å². The van der Waals surface area contributed by atoms with Gasteiger partial charge in [0.05, 0.1) is 0 Å². The highest BCUT2D eigenvalue weighted by Gasteiger charge is 2.07. The Morgan fingerprint density at radius 3 is 2.75 bits per heavy atom. The van der Waals surface area contributed by atoms with Gasteiger partial charge < -0.3 is 5.32 Å². The molecule has 0 amide bonds. The topological polar surface area (TPSA) is 24.9 Å². The summed E-state index contributed by atoms with van der Waals surface area (Å²) in [6, 6.07) is 6.72. The molecular weight excluding hydrogens is 196 g/mol. The zero-order valence-corrected chi connectivity index (χ0v) is 10.6. The van der Waals surface area contributed by atoms with Crippen LogP contribution in [0.15, 0.2) is 24.4 Å². The Kier molecular flexibility index (Phi) is 6.82. The lowest BCUT2D eigenvalue weighted by Crippen LogP contribution is -2.27. The SMILES string of the molecule is CCCCCCC(Cc1ccccn1)NC. The molecule has 0 aliphatic carbocycles. The molecule has 1 unspecified atom stereocenters. The van der Waals surface area contributed by atoms with Crippen molar-refractivity contribution >= 4 is 0 Å². The van der Waals surface area contributed by atoms with Crippen LogP contribution in [0.25, 0.3) is 0 Å². The van der Waals surface area contributed by atoms with Crippen LogP contribution in [-0.2, 0) is 6.42 Å². The lowest BCUT2D eigenvalue weighted by atomic mass is 10.0. The average molecular weight is 220 g/mol. The zero-order valence-electron chi connectivity index (χ0n) is 10.6. The summed E-state index contributed by atoms with van der Waals surface area (Å²) in [6.45, 7) is 2.25. The van der Waals surface area contributed by atoms with Gasteiger partial charge in [-0.25, -0.2) is 0 Å². The van der Waals surface area contributed by atoms with Crippen LogP contribution < -0.4 is 5.32 Å². The number of rotatable bonds is 8. The fraction of sp³-hybridized carbons (Fsp3) is 0.643. The van der Waals surface area contributed by atoms with Crippen molar-refractivity contribution < 1.29 is 0 Å². The van der Waals surface area contributed by atoms with Gasteiger partial charge in [-0.05, 0) is 25.6 Å². The molecule has 0 spiro atoms. The number of nitrogens with one attached hydrogen (secondary N) is 1. The molecule has 90 valence electrons. The molecular formula is C14H24N2. The number of hydrogen-bond donors (Lipinski definition) is 1. The van der Waals surface area contributed by atoms with Gasteiger partial charge in [0.2, 0.25) is 0 Å². The average Bonchev–Trinajstić information content (AvgIpc) is 2.34. The Labute approximate surface area is 99.5 Å². The summed E-state index contributed by atoms with van der Waals surface area (Å²) in [5.41, 5.74) is 1.19. The third-order valence-corrected chi connectivity index (χ3v) is 3.00. The first kappa shape index (κ1) is 13.2.